The lowest BCUT2D eigenvalue weighted by molar-refractivity contribution is -0.112. The number of nitrogens with zero attached hydrogens (tertiary/aromatic N) is 2. The number of methoxy groups -OCH3 is 1. The van der Waals surface area contributed by atoms with Gasteiger partial charge in [0.2, 0.25) is 0 Å². The molecule has 0 fully saturated rings. The van der Waals surface area contributed by atoms with E-state index in [0.717, 1.165) is 5.56 Å². The summed E-state index contributed by atoms with van der Waals surface area (Å²) in [4.78, 5) is 24.2. The maximum Gasteiger partial charge on any atom is 0.337 e. The standard InChI is InChI=1S/C28H23N3O5/c1-3-35-26-15-19(8-13-25(26)36-18-22-7-5-4-6-21(22)16-29)14-23(17-30)27(32)31-24-11-9-20(10-12-24)28(33)34-2/h4-15H,3,18H2,1-2H3,(H,31,32)/b23-14+. The van der Waals surface area contributed by atoms with Crippen LogP contribution in [0.5, 0.6) is 11.5 Å². The molecule has 1 N–H and O–H groups in total. The molecule has 36 heavy (non-hydrogen) atoms. The summed E-state index contributed by atoms with van der Waals surface area (Å²) in [5.41, 5.74) is 2.48. The summed E-state index contributed by atoms with van der Waals surface area (Å²) in [6.07, 6.45) is 1.44. The maximum absolute atomic E-state index is 12.6. The molecule has 0 aliphatic rings. The summed E-state index contributed by atoms with van der Waals surface area (Å²) in [5, 5.41) is 21.4. The Morgan fingerprint density at radius 3 is 2.39 bits per heavy atom. The summed E-state index contributed by atoms with van der Waals surface area (Å²) < 4.78 is 16.2. The first kappa shape index (κ1) is 25.5. The normalized spacial score (nSPS) is 10.5. The van der Waals surface area contributed by atoms with Gasteiger partial charge in [0.15, 0.2) is 11.5 Å². The van der Waals surface area contributed by atoms with Gasteiger partial charge >= 0.3 is 5.97 Å². The Balaban J connectivity index is 1.77. The average Bonchev–Trinajstić information content (AvgIpc) is 2.91. The van der Waals surface area contributed by atoms with Crippen molar-refractivity contribution in [3.05, 3.63) is 94.6 Å². The summed E-state index contributed by atoms with van der Waals surface area (Å²) in [7, 11) is 1.28. The molecule has 0 atom stereocenters. The second-order valence-corrected chi connectivity index (χ2v) is 7.39. The molecule has 8 nitrogen and oxygen atoms in total. The van der Waals surface area contributed by atoms with Gasteiger partial charge in [-0.25, -0.2) is 4.79 Å². The fraction of sp³-hybridized carbons (Fsp3) is 0.143. The minimum atomic E-state index is -0.602. The number of ether oxygens (including phenoxy) is 3. The van der Waals surface area contributed by atoms with E-state index < -0.39 is 11.9 Å². The zero-order valence-electron chi connectivity index (χ0n) is 19.8. The van der Waals surface area contributed by atoms with Crippen molar-refractivity contribution in [3.8, 4) is 23.6 Å². The fourth-order valence-corrected chi connectivity index (χ4v) is 3.23. The minimum absolute atomic E-state index is 0.119. The molecule has 0 saturated heterocycles. The monoisotopic (exact) mass is 481 g/mol. The molecule has 3 aromatic carbocycles. The van der Waals surface area contributed by atoms with Crippen molar-refractivity contribution < 1.29 is 23.8 Å². The van der Waals surface area contributed by atoms with Crippen LogP contribution in [0.3, 0.4) is 0 Å². The Labute approximate surface area is 209 Å². The van der Waals surface area contributed by atoms with Crippen molar-refractivity contribution in [3.63, 3.8) is 0 Å². The number of nitrogens with one attached hydrogen (secondary N) is 1. The lowest BCUT2D eigenvalue weighted by Crippen LogP contribution is -2.13. The number of benzene rings is 3. The molecular formula is C28H23N3O5. The van der Waals surface area contributed by atoms with Gasteiger partial charge in [0.25, 0.3) is 5.91 Å². The molecule has 3 aromatic rings. The SMILES string of the molecule is CCOc1cc(/C=C(\C#N)C(=O)Nc2ccc(C(=O)OC)cc2)ccc1OCc1ccccc1C#N. The molecular weight excluding hydrogens is 458 g/mol. The number of amides is 1. The van der Waals surface area contributed by atoms with E-state index in [4.69, 9.17) is 9.47 Å². The highest BCUT2D eigenvalue weighted by Gasteiger charge is 2.13. The van der Waals surface area contributed by atoms with E-state index in [1.54, 1.807) is 42.5 Å². The van der Waals surface area contributed by atoms with Crippen molar-refractivity contribution in [1.29, 1.82) is 10.5 Å². The van der Waals surface area contributed by atoms with E-state index >= 15 is 0 Å². The van der Waals surface area contributed by atoms with Crippen LogP contribution >= 0.6 is 0 Å². The second kappa shape index (κ2) is 12.4. The highest BCUT2D eigenvalue weighted by atomic mass is 16.5. The van der Waals surface area contributed by atoms with Gasteiger partial charge < -0.3 is 19.5 Å². The van der Waals surface area contributed by atoms with Crippen LogP contribution in [-0.4, -0.2) is 25.6 Å². The zero-order chi connectivity index (χ0) is 25.9. The number of rotatable bonds is 9. The van der Waals surface area contributed by atoms with Gasteiger partial charge in [-0.1, -0.05) is 24.3 Å². The van der Waals surface area contributed by atoms with Crippen molar-refractivity contribution in [2.45, 2.75) is 13.5 Å². The zero-order valence-corrected chi connectivity index (χ0v) is 19.8. The minimum Gasteiger partial charge on any atom is -0.490 e. The molecule has 0 bridgehead atoms. The third kappa shape index (κ3) is 6.49. The molecule has 0 aliphatic heterocycles. The molecule has 0 heterocycles. The fourth-order valence-electron chi connectivity index (χ4n) is 3.23. The van der Waals surface area contributed by atoms with Crippen LogP contribution in [0.2, 0.25) is 0 Å². The van der Waals surface area contributed by atoms with Crippen LogP contribution in [0.1, 0.15) is 34.0 Å². The third-order valence-corrected chi connectivity index (χ3v) is 5.03. The smallest absolute Gasteiger partial charge is 0.337 e. The number of carbonyl (C=O) groups is 2. The quantitative estimate of drug-likeness (QED) is 0.263. The van der Waals surface area contributed by atoms with Gasteiger partial charge in [-0.3, -0.25) is 4.79 Å². The van der Waals surface area contributed by atoms with Crippen LogP contribution in [0.25, 0.3) is 6.08 Å². The topological polar surface area (TPSA) is 121 Å². The lowest BCUT2D eigenvalue weighted by Gasteiger charge is -2.13. The maximum atomic E-state index is 12.6. The van der Waals surface area contributed by atoms with Gasteiger partial charge in [0, 0.05) is 11.3 Å². The molecule has 0 saturated carbocycles. The number of anilines is 1. The average molecular weight is 482 g/mol. The Bertz CT molecular complexity index is 1370. The van der Waals surface area contributed by atoms with Gasteiger partial charge in [0.1, 0.15) is 18.2 Å². The number of hydrogen-bond donors (Lipinski definition) is 1. The first-order valence-electron chi connectivity index (χ1n) is 11.0. The van der Waals surface area contributed by atoms with E-state index in [9.17, 15) is 20.1 Å². The van der Waals surface area contributed by atoms with E-state index in [1.165, 1.54) is 25.3 Å². The van der Waals surface area contributed by atoms with Crippen molar-refractivity contribution in [2.75, 3.05) is 19.0 Å². The first-order valence-corrected chi connectivity index (χ1v) is 11.0. The van der Waals surface area contributed by atoms with Crippen molar-refractivity contribution in [1.82, 2.24) is 0 Å². The molecule has 3 rings (SSSR count). The van der Waals surface area contributed by atoms with Crippen LogP contribution in [0.15, 0.2) is 72.3 Å². The Hall–Kier alpha value is -5.08. The van der Waals surface area contributed by atoms with E-state index in [0.29, 0.717) is 40.5 Å². The molecule has 0 aromatic heterocycles. The summed E-state index contributed by atoms with van der Waals surface area (Å²) in [6.45, 7) is 2.39. The molecule has 8 heteroatoms. The number of carbonyl (C=O) groups excluding carboxylic acids is 2. The Morgan fingerprint density at radius 2 is 1.72 bits per heavy atom. The summed E-state index contributed by atoms with van der Waals surface area (Å²) >= 11 is 0. The Morgan fingerprint density at radius 1 is 0.972 bits per heavy atom. The largest absolute Gasteiger partial charge is 0.490 e. The number of esters is 1. The van der Waals surface area contributed by atoms with Crippen LogP contribution in [0, 0.1) is 22.7 Å². The van der Waals surface area contributed by atoms with Crippen LogP contribution in [-0.2, 0) is 16.1 Å². The predicted molar refractivity (Wildman–Crippen MR) is 133 cm³/mol. The predicted octanol–water partition coefficient (Wildman–Crippen LogP) is 4.87. The highest BCUT2D eigenvalue weighted by molar-refractivity contribution is 6.09. The van der Waals surface area contributed by atoms with E-state index in [1.807, 2.05) is 25.1 Å². The van der Waals surface area contributed by atoms with E-state index in [-0.39, 0.29) is 12.2 Å². The van der Waals surface area contributed by atoms with Crippen LogP contribution < -0.4 is 14.8 Å². The molecule has 0 unspecified atom stereocenters. The molecule has 0 spiro atoms. The number of hydrogen-bond acceptors (Lipinski definition) is 7. The first-order chi connectivity index (χ1) is 17.5. The second-order valence-electron chi connectivity index (χ2n) is 7.39. The van der Waals surface area contributed by atoms with Gasteiger partial charge in [-0.2, -0.15) is 10.5 Å². The number of nitriles is 2. The van der Waals surface area contributed by atoms with Gasteiger partial charge in [-0.15, -0.1) is 0 Å². The van der Waals surface area contributed by atoms with Crippen molar-refractivity contribution in [2.24, 2.45) is 0 Å². The molecule has 0 aliphatic carbocycles. The van der Waals surface area contributed by atoms with Crippen molar-refractivity contribution >= 4 is 23.6 Å². The third-order valence-electron chi connectivity index (χ3n) is 5.03. The molecule has 180 valence electrons. The van der Waals surface area contributed by atoms with Gasteiger partial charge in [0.05, 0.1) is 30.9 Å². The molecule has 0 radical (unpaired) electrons. The van der Waals surface area contributed by atoms with E-state index in [2.05, 4.69) is 16.1 Å². The molecule has 1 amide bonds. The van der Waals surface area contributed by atoms with Crippen LogP contribution in [0.4, 0.5) is 5.69 Å². The van der Waals surface area contributed by atoms with Gasteiger partial charge in [-0.05, 0) is 61.0 Å². The summed E-state index contributed by atoms with van der Waals surface area (Å²) in [5.74, 6) is -0.181. The highest BCUT2D eigenvalue weighted by Crippen LogP contribution is 2.30. The lowest BCUT2D eigenvalue weighted by atomic mass is 10.1. The summed E-state index contributed by atoms with van der Waals surface area (Å²) in [6, 6.07) is 22.4. The Kier molecular flexibility index (Phi) is 8.80.